The summed E-state index contributed by atoms with van der Waals surface area (Å²) in [6.07, 6.45) is 10.3. The number of pyridine rings is 1. The zero-order valence-electron chi connectivity index (χ0n) is 11.7. The Hall–Kier alpha value is -1.88. The van der Waals surface area contributed by atoms with Crippen molar-refractivity contribution in [1.82, 2.24) is 10.3 Å². The Morgan fingerprint density at radius 3 is 3.10 bits per heavy atom. The number of hydrogen-bond acceptors (Lipinski definition) is 4. The van der Waals surface area contributed by atoms with Gasteiger partial charge in [0.05, 0.1) is 0 Å². The molecule has 0 fully saturated rings. The second-order valence-electron chi connectivity index (χ2n) is 5.07. The van der Waals surface area contributed by atoms with Crippen LogP contribution in [0.15, 0.2) is 35.1 Å². The summed E-state index contributed by atoms with van der Waals surface area (Å²) in [4.78, 5) is 4.06. The number of rotatable bonds is 6. The summed E-state index contributed by atoms with van der Waals surface area (Å²) < 4.78 is 0. The van der Waals surface area contributed by atoms with E-state index >= 15 is 0 Å². The lowest BCUT2D eigenvalue weighted by atomic mass is 9.97. The maximum absolute atomic E-state index is 8.64. The Labute approximate surface area is 119 Å². The summed E-state index contributed by atoms with van der Waals surface area (Å²) >= 11 is 0. The molecule has 2 rings (SSSR count). The number of hydrogen-bond donors (Lipinski definition) is 3. The largest absolute Gasteiger partial charge is 0.409 e. The molecule has 0 spiro atoms. The molecule has 5 heteroatoms. The summed E-state index contributed by atoms with van der Waals surface area (Å²) in [5, 5.41) is 15.0. The molecule has 0 unspecified atom stereocenters. The maximum atomic E-state index is 8.64. The Bertz CT molecular complexity index is 496. The molecule has 0 aromatic carbocycles. The van der Waals surface area contributed by atoms with Crippen molar-refractivity contribution in [2.24, 2.45) is 10.9 Å². The molecule has 5 nitrogen and oxygen atoms in total. The highest BCUT2D eigenvalue weighted by atomic mass is 16.4. The second kappa shape index (κ2) is 7.65. The predicted octanol–water partition coefficient (Wildman–Crippen LogP) is 2.16. The van der Waals surface area contributed by atoms with Crippen molar-refractivity contribution in [2.45, 2.75) is 38.6 Å². The summed E-state index contributed by atoms with van der Waals surface area (Å²) in [5.41, 5.74) is 8.69. The van der Waals surface area contributed by atoms with Crippen LogP contribution in [0, 0.1) is 0 Å². The van der Waals surface area contributed by atoms with Gasteiger partial charge < -0.3 is 16.3 Å². The summed E-state index contributed by atoms with van der Waals surface area (Å²) in [7, 11) is 0. The fourth-order valence-electron chi connectivity index (χ4n) is 2.39. The third kappa shape index (κ3) is 4.35. The van der Waals surface area contributed by atoms with Gasteiger partial charge in [-0.05, 0) is 56.3 Å². The highest BCUT2D eigenvalue weighted by Gasteiger charge is 2.04. The van der Waals surface area contributed by atoms with Crippen molar-refractivity contribution < 1.29 is 5.21 Å². The smallest absolute Gasteiger partial charge is 0.188 e. The SMILES string of the molecule is NC(=NO)c1cc(CNCCC2=CCCCC2)ccn1. The molecule has 1 heterocycles. The van der Waals surface area contributed by atoms with Gasteiger partial charge >= 0.3 is 0 Å². The van der Waals surface area contributed by atoms with Gasteiger partial charge in [0.25, 0.3) is 0 Å². The number of nitrogens with zero attached hydrogens (tertiary/aromatic N) is 2. The molecular formula is C15H22N4O. The van der Waals surface area contributed by atoms with Gasteiger partial charge in [0.2, 0.25) is 0 Å². The Morgan fingerprint density at radius 1 is 1.45 bits per heavy atom. The fourth-order valence-corrected chi connectivity index (χ4v) is 2.39. The first-order valence-electron chi connectivity index (χ1n) is 7.11. The van der Waals surface area contributed by atoms with Gasteiger partial charge in [-0.15, -0.1) is 0 Å². The lowest BCUT2D eigenvalue weighted by molar-refractivity contribution is 0.318. The molecule has 20 heavy (non-hydrogen) atoms. The van der Waals surface area contributed by atoms with Crippen LogP contribution in [0.4, 0.5) is 0 Å². The maximum Gasteiger partial charge on any atom is 0.188 e. The third-order valence-corrected chi connectivity index (χ3v) is 3.53. The number of amidine groups is 1. The van der Waals surface area contributed by atoms with Crippen LogP contribution in [0.3, 0.4) is 0 Å². The van der Waals surface area contributed by atoms with Crippen LogP contribution < -0.4 is 11.1 Å². The molecule has 1 aromatic rings. The first-order chi connectivity index (χ1) is 9.79. The van der Waals surface area contributed by atoms with Crippen molar-refractivity contribution in [1.29, 1.82) is 0 Å². The van der Waals surface area contributed by atoms with Crippen LogP contribution in [0.25, 0.3) is 0 Å². The average Bonchev–Trinajstić information content (AvgIpc) is 2.52. The molecule has 0 radical (unpaired) electrons. The highest BCUT2D eigenvalue weighted by molar-refractivity contribution is 5.95. The predicted molar refractivity (Wildman–Crippen MR) is 79.6 cm³/mol. The van der Waals surface area contributed by atoms with Crippen molar-refractivity contribution in [2.75, 3.05) is 6.54 Å². The van der Waals surface area contributed by atoms with Crippen molar-refractivity contribution >= 4 is 5.84 Å². The van der Waals surface area contributed by atoms with E-state index in [2.05, 4.69) is 21.5 Å². The van der Waals surface area contributed by atoms with Crippen molar-refractivity contribution in [3.05, 3.63) is 41.2 Å². The molecule has 1 aliphatic rings. The number of oxime groups is 1. The molecule has 0 bridgehead atoms. The summed E-state index contributed by atoms with van der Waals surface area (Å²) in [6, 6.07) is 3.77. The lowest BCUT2D eigenvalue weighted by Gasteiger charge is -2.13. The molecule has 0 aliphatic heterocycles. The van der Waals surface area contributed by atoms with E-state index in [0.29, 0.717) is 5.69 Å². The van der Waals surface area contributed by atoms with E-state index in [0.717, 1.165) is 25.1 Å². The van der Waals surface area contributed by atoms with Gasteiger partial charge in [-0.2, -0.15) is 0 Å². The third-order valence-electron chi connectivity index (χ3n) is 3.53. The van der Waals surface area contributed by atoms with Crippen LogP contribution >= 0.6 is 0 Å². The molecule has 4 N–H and O–H groups in total. The topological polar surface area (TPSA) is 83.5 Å². The minimum Gasteiger partial charge on any atom is -0.409 e. The van der Waals surface area contributed by atoms with Crippen LogP contribution in [-0.2, 0) is 6.54 Å². The molecule has 0 saturated heterocycles. The molecular weight excluding hydrogens is 252 g/mol. The average molecular weight is 274 g/mol. The normalized spacial score (nSPS) is 16.0. The fraction of sp³-hybridized carbons (Fsp3) is 0.467. The zero-order chi connectivity index (χ0) is 14.2. The summed E-state index contributed by atoms with van der Waals surface area (Å²) in [6.45, 7) is 1.74. The van der Waals surface area contributed by atoms with Gasteiger partial charge in [0, 0.05) is 12.7 Å². The quantitative estimate of drug-likeness (QED) is 0.185. The van der Waals surface area contributed by atoms with Gasteiger partial charge in [0.1, 0.15) is 5.69 Å². The van der Waals surface area contributed by atoms with Crippen molar-refractivity contribution in [3.8, 4) is 0 Å². The summed E-state index contributed by atoms with van der Waals surface area (Å²) in [5.74, 6) is 0.0409. The molecule has 0 amide bonds. The van der Waals surface area contributed by atoms with E-state index in [1.807, 2.05) is 12.1 Å². The van der Waals surface area contributed by atoms with E-state index in [9.17, 15) is 0 Å². The standard InChI is InChI=1S/C15H22N4O/c16-15(19-20)14-10-13(7-9-18-14)11-17-8-6-12-4-2-1-3-5-12/h4,7,9-10,17,20H,1-3,5-6,8,11H2,(H2,16,19). The minimum atomic E-state index is 0.0409. The van der Waals surface area contributed by atoms with E-state index in [-0.39, 0.29) is 5.84 Å². The second-order valence-corrected chi connectivity index (χ2v) is 5.07. The van der Waals surface area contributed by atoms with E-state index in [4.69, 9.17) is 10.9 Å². The van der Waals surface area contributed by atoms with E-state index in [1.165, 1.54) is 25.7 Å². The number of nitrogens with two attached hydrogens (primary N) is 1. The van der Waals surface area contributed by atoms with Gasteiger partial charge in [-0.25, -0.2) is 0 Å². The van der Waals surface area contributed by atoms with Crippen LogP contribution in [0.2, 0.25) is 0 Å². The van der Waals surface area contributed by atoms with E-state index < -0.39 is 0 Å². The molecule has 108 valence electrons. The Balaban J connectivity index is 1.78. The highest BCUT2D eigenvalue weighted by Crippen LogP contribution is 2.19. The number of aromatic nitrogens is 1. The van der Waals surface area contributed by atoms with Crippen LogP contribution in [0.1, 0.15) is 43.4 Å². The molecule has 0 atom stereocenters. The minimum absolute atomic E-state index is 0.0409. The zero-order valence-corrected chi connectivity index (χ0v) is 11.7. The first kappa shape index (κ1) is 14.5. The lowest BCUT2D eigenvalue weighted by Crippen LogP contribution is -2.18. The van der Waals surface area contributed by atoms with Gasteiger partial charge in [0.15, 0.2) is 5.84 Å². The number of nitrogens with one attached hydrogen (secondary N) is 1. The Kier molecular flexibility index (Phi) is 5.55. The van der Waals surface area contributed by atoms with Crippen LogP contribution in [0.5, 0.6) is 0 Å². The number of allylic oxidation sites excluding steroid dienone is 1. The van der Waals surface area contributed by atoms with Crippen LogP contribution in [-0.4, -0.2) is 22.6 Å². The monoisotopic (exact) mass is 274 g/mol. The van der Waals surface area contributed by atoms with Crippen molar-refractivity contribution in [3.63, 3.8) is 0 Å². The van der Waals surface area contributed by atoms with Gasteiger partial charge in [-0.1, -0.05) is 16.8 Å². The van der Waals surface area contributed by atoms with Gasteiger partial charge in [-0.3, -0.25) is 4.98 Å². The Morgan fingerprint density at radius 2 is 2.35 bits per heavy atom. The van der Waals surface area contributed by atoms with E-state index in [1.54, 1.807) is 11.8 Å². The molecule has 1 aromatic heterocycles. The first-order valence-corrected chi connectivity index (χ1v) is 7.11. The molecule has 1 aliphatic carbocycles. The molecule has 0 saturated carbocycles.